The summed E-state index contributed by atoms with van der Waals surface area (Å²) in [5, 5.41) is 9.82. The van der Waals surface area contributed by atoms with Gasteiger partial charge < -0.3 is 15.7 Å². The van der Waals surface area contributed by atoms with Crippen LogP contribution in [0.25, 0.3) is 0 Å². The van der Waals surface area contributed by atoms with Crippen molar-refractivity contribution in [3.05, 3.63) is 0 Å². The minimum absolute atomic E-state index is 0.366. The molecular weight excluding hydrogens is 212 g/mol. The molecule has 1 unspecified atom stereocenters. The van der Waals surface area contributed by atoms with Gasteiger partial charge in [0.1, 0.15) is 0 Å². The molecule has 0 aromatic carbocycles. The summed E-state index contributed by atoms with van der Waals surface area (Å²) in [6.07, 6.45) is 5.84. The first-order valence-corrected chi connectivity index (χ1v) is 7.11. The summed E-state index contributed by atoms with van der Waals surface area (Å²) < 4.78 is 0. The molecule has 0 heterocycles. The SMILES string of the molecule is CC(C)CN(CCCCC(C)(O)CN)C1CC1. The first-order chi connectivity index (χ1) is 7.94. The molecule has 1 saturated carbocycles. The highest BCUT2D eigenvalue weighted by molar-refractivity contribution is 4.85. The molecule has 102 valence electrons. The largest absolute Gasteiger partial charge is 0.389 e. The lowest BCUT2D eigenvalue weighted by Crippen LogP contribution is -2.34. The molecule has 1 aliphatic carbocycles. The van der Waals surface area contributed by atoms with Crippen molar-refractivity contribution in [1.29, 1.82) is 0 Å². The maximum atomic E-state index is 9.82. The fraction of sp³-hybridized carbons (Fsp3) is 1.00. The van der Waals surface area contributed by atoms with Gasteiger partial charge in [0.15, 0.2) is 0 Å². The van der Waals surface area contributed by atoms with Crippen LogP contribution in [0, 0.1) is 5.92 Å². The predicted molar refractivity (Wildman–Crippen MR) is 73.0 cm³/mol. The van der Waals surface area contributed by atoms with Crippen molar-refractivity contribution in [2.45, 2.75) is 64.5 Å². The zero-order chi connectivity index (χ0) is 12.9. The molecule has 0 spiro atoms. The van der Waals surface area contributed by atoms with Gasteiger partial charge in [-0.3, -0.25) is 0 Å². The number of hydrogen-bond donors (Lipinski definition) is 2. The molecule has 0 aromatic heterocycles. The highest BCUT2D eigenvalue weighted by Gasteiger charge is 2.28. The average molecular weight is 242 g/mol. The molecule has 1 rings (SSSR count). The van der Waals surface area contributed by atoms with E-state index in [9.17, 15) is 5.11 Å². The van der Waals surface area contributed by atoms with Crippen LogP contribution in [0.15, 0.2) is 0 Å². The van der Waals surface area contributed by atoms with Crippen LogP contribution in [0.3, 0.4) is 0 Å². The summed E-state index contributed by atoms with van der Waals surface area (Å²) in [4.78, 5) is 2.63. The summed E-state index contributed by atoms with van der Waals surface area (Å²) in [6, 6.07) is 0.854. The Morgan fingerprint density at radius 3 is 2.47 bits per heavy atom. The van der Waals surface area contributed by atoms with Gasteiger partial charge in [0.05, 0.1) is 5.60 Å². The Balaban J connectivity index is 2.14. The van der Waals surface area contributed by atoms with E-state index in [1.165, 1.54) is 32.4 Å². The lowest BCUT2D eigenvalue weighted by Gasteiger charge is -2.25. The maximum Gasteiger partial charge on any atom is 0.0741 e. The number of unbranched alkanes of at least 4 members (excludes halogenated alkanes) is 1. The molecule has 3 N–H and O–H groups in total. The maximum absolute atomic E-state index is 9.82. The molecule has 1 atom stereocenters. The topological polar surface area (TPSA) is 49.5 Å². The Labute approximate surface area is 106 Å². The van der Waals surface area contributed by atoms with E-state index < -0.39 is 5.60 Å². The second-order valence-corrected chi connectivity index (χ2v) is 6.28. The molecule has 0 bridgehead atoms. The van der Waals surface area contributed by atoms with Gasteiger partial charge in [-0.2, -0.15) is 0 Å². The van der Waals surface area contributed by atoms with E-state index in [0.717, 1.165) is 24.8 Å². The Morgan fingerprint density at radius 1 is 1.35 bits per heavy atom. The standard InChI is InChI=1S/C14H30N2O/c1-12(2)10-16(13-6-7-13)9-5-4-8-14(3,17)11-15/h12-13,17H,4-11,15H2,1-3H3. The Hall–Kier alpha value is -0.120. The van der Waals surface area contributed by atoms with E-state index in [0.29, 0.717) is 6.54 Å². The number of nitrogens with two attached hydrogens (primary N) is 1. The molecule has 0 aromatic rings. The predicted octanol–water partition coefficient (Wildman–Crippen LogP) is 1.99. The molecule has 1 aliphatic rings. The molecule has 3 heteroatoms. The zero-order valence-corrected chi connectivity index (χ0v) is 11.8. The number of nitrogens with zero attached hydrogens (tertiary/aromatic N) is 1. The third-order valence-electron chi connectivity index (χ3n) is 3.51. The van der Waals surface area contributed by atoms with Crippen LogP contribution in [0.4, 0.5) is 0 Å². The third-order valence-corrected chi connectivity index (χ3v) is 3.51. The first kappa shape index (κ1) is 14.9. The van der Waals surface area contributed by atoms with E-state index in [-0.39, 0.29) is 0 Å². The third kappa shape index (κ3) is 6.39. The van der Waals surface area contributed by atoms with Crippen LogP contribution in [0.1, 0.15) is 52.9 Å². The molecule has 0 radical (unpaired) electrons. The van der Waals surface area contributed by atoms with Crippen molar-refractivity contribution in [3.8, 4) is 0 Å². The minimum atomic E-state index is -0.664. The van der Waals surface area contributed by atoms with Crippen LogP contribution in [-0.2, 0) is 0 Å². The Kier molecular flexibility index (Phi) is 5.90. The lowest BCUT2D eigenvalue weighted by atomic mass is 9.99. The second-order valence-electron chi connectivity index (χ2n) is 6.28. The molecule has 3 nitrogen and oxygen atoms in total. The summed E-state index contributed by atoms with van der Waals surface area (Å²) in [5.41, 5.74) is 4.85. The summed E-state index contributed by atoms with van der Waals surface area (Å²) in [6.45, 7) is 9.18. The van der Waals surface area contributed by atoms with Crippen molar-refractivity contribution in [3.63, 3.8) is 0 Å². The Bertz CT molecular complexity index is 212. The highest BCUT2D eigenvalue weighted by Crippen LogP contribution is 2.28. The van der Waals surface area contributed by atoms with Gasteiger partial charge in [0.2, 0.25) is 0 Å². The molecule has 0 amide bonds. The van der Waals surface area contributed by atoms with Crippen molar-refractivity contribution < 1.29 is 5.11 Å². The summed E-state index contributed by atoms with van der Waals surface area (Å²) >= 11 is 0. The summed E-state index contributed by atoms with van der Waals surface area (Å²) in [5.74, 6) is 0.753. The van der Waals surface area contributed by atoms with Gasteiger partial charge in [-0.15, -0.1) is 0 Å². The first-order valence-electron chi connectivity index (χ1n) is 7.11. The van der Waals surface area contributed by atoms with Crippen molar-refractivity contribution in [2.24, 2.45) is 11.7 Å². The van der Waals surface area contributed by atoms with Crippen LogP contribution >= 0.6 is 0 Å². The van der Waals surface area contributed by atoms with E-state index in [2.05, 4.69) is 18.7 Å². The fourth-order valence-corrected chi connectivity index (χ4v) is 2.25. The van der Waals surface area contributed by atoms with Crippen LogP contribution in [0.5, 0.6) is 0 Å². The van der Waals surface area contributed by atoms with Gasteiger partial charge in [0, 0.05) is 19.1 Å². The van der Waals surface area contributed by atoms with Crippen LogP contribution < -0.4 is 5.73 Å². The normalized spacial score (nSPS) is 19.9. The fourth-order valence-electron chi connectivity index (χ4n) is 2.25. The number of hydrogen-bond acceptors (Lipinski definition) is 3. The summed E-state index contributed by atoms with van der Waals surface area (Å²) in [7, 11) is 0. The van der Waals surface area contributed by atoms with Gasteiger partial charge >= 0.3 is 0 Å². The van der Waals surface area contributed by atoms with E-state index in [1.807, 2.05) is 6.92 Å². The quantitative estimate of drug-likeness (QED) is 0.608. The molecule has 1 fully saturated rings. The second kappa shape index (κ2) is 6.72. The molecule has 17 heavy (non-hydrogen) atoms. The minimum Gasteiger partial charge on any atom is -0.389 e. The van der Waals surface area contributed by atoms with Crippen LogP contribution in [0.2, 0.25) is 0 Å². The van der Waals surface area contributed by atoms with E-state index in [1.54, 1.807) is 0 Å². The number of rotatable bonds is 9. The molecular formula is C14H30N2O. The van der Waals surface area contributed by atoms with Gasteiger partial charge in [-0.1, -0.05) is 13.8 Å². The zero-order valence-electron chi connectivity index (χ0n) is 11.8. The number of aliphatic hydroxyl groups is 1. The van der Waals surface area contributed by atoms with Crippen molar-refractivity contribution >= 4 is 0 Å². The average Bonchev–Trinajstić information content (AvgIpc) is 3.06. The highest BCUT2D eigenvalue weighted by atomic mass is 16.3. The molecule has 0 saturated heterocycles. The van der Waals surface area contributed by atoms with Crippen molar-refractivity contribution in [1.82, 2.24) is 4.90 Å². The van der Waals surface area contributed by atoms with E-state index >= 15 is 0 Å². The Morgan fingerprint density at radius 2 is 2.00 bits per heavy atom. The van der Waals surface area contributed by atoms with Crippen molar-refractivity contribution in [2.75, 3.05) is 19.6 Å². The monoisotopic (exact) mass is 242 g/mol. The lowest BCUT2D eigenvalue weighted by molar-refractivity contribution is 0.0561. The molecule has 0 aliphatic heterocycles. The van der Waals surface area contributed by atoms with Gasteiger partial charge in [0.25, 0.3) is 0 Å². The van der Waals surface area contributed by atoms with E-state index in [4.69, 9.17) is 5.73 Å². The smallest absolute Gasteiger partial charge is 0.0741 e. The van der Waals surface area contributed by atoms with Gasteiger partial charge in [-0.25, -0.2) is 0 Å². The van der Waals surface area contributed by atoms with Crippen LogP contribution in [-0.4, -0.2) is 41.3 Å². The van der Waals surface area contributed by atoms with Gasteiger partial charge in [-0.05, 0) is 51.5 Å².